The first-order valence-electron chi connectivity index (χ1n) is 12.3. The Kier molecular flexibility index (Phi) is 18.4. The van der Waals surface area contributed by atoms with Gasteiger partial charge >= 0.3 is 13.7 Å². The van der Waals surface area contributed by atoms with E-state index in [0.717, 1.165) is 5.57 Å². The quantitative estimate of drug-likeness (QED) is 0.116. The molecule has 14 heteroatoms. The van der Waals surface area contributed by atoms with Gasteiger partial charge in [-0.15, -0.1) is 0 Å². The Morgan fingerprint density at radius 1 is 1.30 bits per heavy atom. The minimum Gasteiger partial charge on any atom is -0.460 e. The molecular weight excluding hydrogens is 548 g/mol. The second-order valence-corrected chi connectivity index (χ2v) is 10.5. The molecule has 1 aromatic rings. The first-order valence-corrected chi connectivity index (χ1v) is 13.9. The molecule has 0 spiro atoms. The number of rotatable bonds is 13. The Morgan fingerprint density at radius 2 is 1.90 bits per heavy atom. The van der Waals surface area contributed by atoms with Crippen LogP contribution in [-0.2, 0) is 32.9 Å². The van der Waals surface area contributed by atoms with Gasteiger partial charge in [-0.25, -0.2) is 8.96 Å². The molecule has 1 aromatic carbocycles. The van der Waals surface area contributed by atoms with E-state index in [9.17, 15) is 23.7 Å². The highest BCUT2D eigenvalue weighted by molar-refractivity contribution is 7.52. The summed E-state index contributed by atoms with van der Waals surface area (Å²) in [5.74, 6) is -1.22. The number of alkyl halides is 1. The van der Waals surface area contributed by atoms with Gasteiger partial charge in [0.2, 0.25) is 12.3 Å². The fourth-order valence-corrected chi connectivity index (χ4v) is 4.41. The van der Waals surface area contributed by atoms with E-state index in [2.05, 4.69) is 16.1 Å². The molecular formula is C26H41FN3O9P. The molecule has 3 atom stereocenters. The lowest BCUT2D eigenvalue weighted by atomic mass is 10.1. The maximum atomic E-state index is 13.5. The van der Waals surface area contributed by atoms with Crippen molar-refractivity contribution in [3.8, 4) is 5.75 Å². The summed E-state index contributed by atoms with van der Waals surface area (Å²) >= 11 is 0. The summed E-state index contributed by atoms with van der Waals surface area (Å²) in [4.78, 5) is 30.9. The summed E-state index contributed by atoms with van der Waals surface area (Å²) < 4.78 is 46.1. The van der Waals surface area contributed by atoms with Crippen LogP contribution >= 0.6 is 7.75 Å². The number of nitrogens with one attached hydrogen (secondary N) is 2. The predicted octanol–water partition coefficient (Wildman–Crippen LogP) is 2.58. The van der Waals surface area contributed by atoms with Crippen LogP contribution in [0.3, 0.4) is 0 Å². The molecule has 2 amide bonds. The average Bonchev–Trinajstić information content (AvgIpc) is 3.34. The topological polar surface area (TPSA) is 176 Å². The number of nitrogens with two attached hydrogens (primary N) is 1. The molecule has 1 saturated heterocycles. The third-order valence-electron chi connectivity index (χ3n) is 4.73. The number of hydrogen-bond acceptors (Lipinski definition) is 9. The maximum Gasteiger partial charge on any atom is 0.459 e. The normalized spacial score (nSPS) is 18.3. The zero-order chi connectivity index (χ0) is 30.6. The number of primary amides is 1. The van der Waals surface area contributed by atoms with Crippen molar-refractivity contribution in [2.45, 2.75) is 51.9 Å². The van der Waals surface area contributed by atoms with Crippen molar-refractivity contribution in [3.63, 3.8) is 0 Å². The van der Waals surface area contributed by atoms with Crippen LogP contribution in [0.1, 0.15) is 34.1 Å². The standard InChI is InChI=1S/C22H32NO7P.C2H4FNO.C2H5NO/c1-5-6-10-17(2)15-28-21(25)22(3,4)23-31(26,30-18-11-8-7-9-12-18)29-16-20-19(24)13-14-27-20;3-1-2(4)5;1-3-2-4/h5-12,19-20,24H,13-16H2,1-4H3,(H,23,26);1H2,(H2,4,5);2H,1H3,(H,3,4)/b6-5-,17-10+;;/t19?,20-,31?;;/m1../s1. The molecule has 2 unspecified atom stereocenters. The van der Waals surface area contributed by atoms with Gasteiger partial charge in [-0.2, -0.15) is 5.09 Å². The lowest BCUT2D eigenvalue weighted by Gasteiger charge is -2.30. The number of allylic oxidation sites excluding steroid dienone is 3. The van der Waals surface area contributed by atoms with Gasteiger partial charge < -0.3 is 30.2 Å². The number of hydrogen-bond donors (Lipinski definition) is 4. The fraction of sp³-hybridized carbons (Fsp3) is 0.500. The zero-order valence-electron chi connectivity index (χ0n) is 23.5. The SMILES string of the molecule is C/C=C\C=C(/C)COC(=O)C(C)(C)NP(=O)(OC[C@H]1OCCC1O)Oc1ccccc1.CNC=O.NC(=O)CF. The molecule has 0 aliphatic carbocycles. The Balaban J connectivity index is 0.00000146. The van der Waals surface area contributed by atoms with Crippen molar-refractivity contribution >= 4 is 26.0 Å². The van der Waals surface area contributed by atoms with E-state index in [0.29, 0.717) is 25.2 Å². The van der Waals surface area contributed by atoms with Crippen LogP contribution in [0.15, 0.2) is 54.1 Å². The molecule has 5 N–H and O–H groups in total. The Hall–Kier alpha value is -3.09. The van der Waals surface area contributed by atoms with E-state index in [4.69, 9.17) is 23.3 Å². The van der Waals surface area contributed by atoms with E-state index in [1.165, 1.54) is 13.8 Å². The molecule has 2 rings (SSSR count). The fourth-order valence-electron chi connectivity index (χ4n) is 2.73. The van der Waals surface area contributed by atoms with Crippen LogP contribution in [-0.4, -0.2) is 74.7 Å². The van der Waals surface area contributed by atoms with Gasteiger partial charge in [0.15, 0.2) is 6.67 Å². The van der Waals surface area contributed by atoms with Gasteiger partial charge in [0.1, 0.15) is 24.0 Å². The Labute approximate surface area is 234 Å². The molecule has 1 heterocycles. The molecule has 12 nitrogen and oxygen atoms in total. The molecule has 1 aliphatic rings. The van der Waals surface area contributed by atoms with Gasteiger partial charge in [-0.1, -0.05) is 36.4 Å². The summed E-state index contributed by atoms with van der Waals surface area (Å²) in [5.41, 5.74) is 3.76. The first-order chi connectivity index (χ1) is 18.8. The number of amides is 2. The van der Waals surface area contributed by atoms with E-state index >= 15 is 0 Å². The summed E-state index contributed by atoms with van der Waals surface area (Å²) in [7, 11) is -2.47. The highest BCUT2D eigenvalue weighted by atomic mass is 31.2. The molecule has 0 radical (unpaired) electrons. The molecule has 0 bridgehead atoms. The lowest BCUT2D eigenvalue weighted by Crippen LogP contribution is -2.47. The van der Waals surface area contributed by atoms with Crippen molar-refractivity contribution in [2.24, 2.45) is 5.73 Å². The van der Waals surface area contributed by atoms with E-state index in [1.807, 2.05) is 32.1 Å². The predicted molar refractivity (Wildman–Crippen MR) is 148 cm³/mol. The highest BCUT2D eigenvalue weighted by Gasteiger charge is 2.41. The van der Waals surface area contributed by atoms with Gasteiger partial charge in [0, 0.05) is 13.7 Å². The number of aliphatic hydroxyl groups excluding tert-OH is 1. The third-order valence-corrected chi connectivity index (χ3v) is 6.51. The number of benzene rings is 1. The van der Waals surface area contributed by atoms with Crippen LogP contribution < -0.4 is 20.7 Å². The Bertz CT molecular complexity index is 1010. The summed E-state index contributed by atoms with van der Waals surface area (Å²) in [5, 5.41) is 14.9. The number of carbonyl (C=O) groups excluding carboxylic acids is 3. The first kappa shape index (κ1) is 36.9. The molecule has 40 heavy (non-hydrogen) atoms. The maximum absolute atomic E-state index is 13.5. The number of aliphatic hydroxyl groups is 1. The Morgan fingerprint density at radius 3 is 2.38 bits per heavy atom. The van der Waals surface area contributed by atoms with Crippen LogP contribution in [0.25, 0.3) is 0 Å². The molecule has 1 aliphatic heterocycles. The van der Waals surface area contributed by atoms with Gasteiger partial charge in [0.05, 0.1) is 12.7 Å². The van der Waals surface area contributed by atoms with Crippen molar-refractivity contribution in [2.75, 3.05) is 33.5 Å². The molecule has 1 fully saturated rings. The van der Waals surface area contributed by atoms with E-state index in [-0.39, 0.29) is 13.2 Å². The van der Waals surface area contributed by atoms with Crippen molar-refractivity contribution in [3.05, 3.63) is 54.1 Å². The van der Waals surface area contributed by atoms with E-state index < -0.39 is 44.0 Å². The number of halogens is 1. The van der Waals surface area contributed by atoms with Gasteiger partial charge in [-0.05, 0) is 51.8 Å². The minimum absolute atomic E-state index is 0.0983. The van der Waals surface area contributed by atoms with Gasteiger partial charge in [-0.3, -0.25) is 18.9 Å². The smallest absolute Gasteiger partial charge is 0.459 e. The van der Waals surface area contributed by atoms with Crippen molar-refractivity contribution in [1.82, 2.24) is 10.4 Å². The second kappa shape index (κ2) is 19.9. The average molecular weight is 590 g/mol. The van der Waals surface area contributed by atoms with E-state index in [1.54, 1.807) is 37.4 Å². The largest absolute Gasteiger partial charge is 0.460 e. The summed E-state index contributed by atoms with van der Waals surface area (Å²) in [6.07, 6.45) is 5.33. The third kappa shape index (κ3) is 16.1. The number of para-hydroxylation sites is 1. The monoisotopic (exact) mass is 589 g/mol. The van der Waals surface area contributed by atoms with Crippen molar-refractivity contribution in [1.29, 1.82) is 0 Å². The van der Waals surface area contributed by atoms with Crippen LogP contribution in [0, 0.1) is 0 Å². The number of carbonyl (C=O) groups is 3. The number of ether oxygens (including phenoxy) is 2. The van der Waals surface area contributed by atoms with Crippen molar-refractivity contribution < 1.29 is 47.0 Å². The second-order valence-electron chi connectivity index (χ2n) is 8.82. The number of esters is 1. The molecule has 0 aromatic heterocycles. The molecule has 226 valence electrons. The lowest BCUT2D eigenvalue weighted by molar-refractivity contribution is -0.148. The van der Waals surface area contributed by atoms with Crippen LogP contribution in [0.4, 0.5) is 4.39 Å². The van der Waals surface area contributed by atoms with Crippen LogP contribution in [0.5, 0.6) is 5.75 Å². The van der Waals surface area contributed by atoms with Crippen LogP contribution in [0.2, 0.25) is 0 Å². The molecule has 0 saturated carbocycles. The van der Waals surface area contributed by atoms with Gasteiger partial charge in [0.25, 0.3) is 0 Å². The summed E-state index contributed by atoms with van der Waals surface area (Å²) in [6, 6.07) is 8.49. The summed E-state index contributed by atoms with van der Waals surface area (Å²) in [6.45, 7) is 6.08. The minimum atomic E-state index is -4.03. The zero-order valence-corrected chi connectivity index (χ0v) is 24.4. The highest BCUT2D eigenvalue weighted by Crippen LogP contribution is 2.46.